The lowest BCUT2D eigenvalue weighted by atomic mass is 9.80. The van der Waals surface area contributed by atoms with E-state index in [-0.39, 0.29) is 23.2 Å². The lowest BCUT2D eigenvalue weighted by Gasteiger charge is -2.28. The van der Waals surface area contributed by atoms with Crippen LogP contribution in [0.3, 0.4) is 0 Å². The largest absolute Gasteiger partial charge is 0.508 e. The van der Waals surface area contributed by atoms with Crippen molar-refractivity contribution in [1.29, 1.82) is 0 Å². The topological polar surface area (TPSA) is 46.5 Å². The van der Waals surface area contributed by atoms with E-state index in [2.05, 4.69) is 13.2 Å². The number of aliphatic hydroxyl groups is 1. The number of Topliss-reactive ketones (excluding diaryl/α,β-unsaturated/α-hetero) is 1. The van der Waals surface area contributed by atoms with Crippen molar-refractivity contribution in [1.82, 2.24) is 0 Å². The molecular formula is C18H16O3. The average Bonchev–Trinajstić information content (AvgIpc) is 2.64. The highest BCUT2D eigenvalue weighted by Crippen LogP contribution is 2.37. The van der Waals surface area contributed by atoms with E-state index in [4.69, 9.17) is 4.74 Å². The van der Waals surface area contributed by atoms with Gasteiger partial charge in [0, 0.05) is 0 Å². The molecule has 0 amide bonds. The standard InChI is InChI=1S/C18H16O3/c1-3-13-10-15(11(2)19)18(20)17-14-7-5-4-6-12(14)8-9-16(17)21-13/h3-10,13,16-17,19H,1-2H2. The highest BCUT2D eigenvalue weighted by atomic mass is 16.5. The van der Waals surface area contributed by atoms with Crippen LogP contribution in [0.5, 0.6) is 0 Å². The predicted octanol–water partition coefficient (Wildman–Crippen LogP) is 3.32. The number of aliphatic hydroxyl groups excluding tert-OH is 1. The van der Waals surface area contributed by atoms with Crippen molar-refractivity contribution in [2.45, 2.75) is 18.1 Å². The van der Waals surface area contributed by atoms with Crippen LogP contribution >= 0.6 is 0 Å². The maximum absolute atomic E-state index is 12.8. The smallest absolute Gasteiger partial charge is 0.176 e. The van der Waals surface area contributed by atoms with E-state index in [0.717, 1.165) is 11.1 Å². The number of hydrogen-bond donors (Lipinski definition) is 1. The quantitative estimate of drug-likeness (QED) is 0.667. The van der Waals surface area contributed by atoms with Crippen LogP contribution in [0.25, 0.3) is 6.08 Å². The molecule has 3 rings (SSSR count). The van der Waals surface area contributed by atoms with Crippen molar-refractivity contribution in [3.63, 3.8) is 0 Å². The molecule has 0 spiro atoms. The number of ether oxygens (including phenoxy) is 1. The molecule has 1 aliphatic heterocycles. The number of allylic oxidation sites excluding steroid dienone is 1. The third kappa shape index (κ3) is 2.26. The van der Waals surface area contributed by atoms with Gasteiger partial charge in [0.15, 0.2) is 5.78 Å². The molecule has 1 aromatic rings. The molecule has 0 bridgehead atoms. The van der Waals surface area contributed by atoms with Crippen LogP contribution in [0.4, 0.5) is 0 Å². The zero-order valence-electron chi connectivity index (χ0n) is 11.5. The molecule has 0 radical (unpaired) electrons. The first-order chi connectivity index (χ1) is 10.1. The maximum atomic E-state index is 12.8. The van der Waals surface area contributed by atoms with Gasteiger partial charge in [-0.15, -0.1) is 6.58 Å². The zero-order chi connectivity index (χ0) is 15.0. The molecule has 1 aromatic carbocycles. The summed E-state index contributed by atoms with van der Waals surface area (Å²) in [7, 11) is 0. The van der Waals surface area contributed by atoms with Gasteiger partial charge < -0.3 is 9.84 Å². The van der Waals surface area contributed by atoms with Gasteiger partial charge in [0.05, 0.1) is 23.7 Å². The lowest BCUT2D eigenvalue weighted by molar-refractivity contribution is -0.119. The van der Waals surface area contributed by atoms with Gasteiger partial charge in [-0.3, -0.25) is 4.79 Å². The first-order valence-electron chi connectivity index (χ1n) is 6.81. The van der Waals surface area contributed by atoms with Gasteiger partial charge in [-0.05, 0) is 17.2 Å². The van der Waals surface area contributed by atoms with E-state index < -0.39 is 12.0 Å². The molecule has 106 valence electrons. The van der Waals surface area contributed by atoms with Crippen molar-refractivity contribution in [3.8, 4) is 0 Å². The molecular weight excluding hydrogens is 264 g/mol. The highest BCUT2D eigenvalue weighted by molar-refractivity contribution is 6.05. The Balaban J connectivity index is 2.13. The lowest BCUT2D eigenvalue weighted by Crippen LogP contribution is -2.30. The Kier molecular flexibility index (Phi) is 3.35. The minimum absolute atomic E-state index is 0.173. The van der Waals surface area contributed by atoms with Gasteiger partial charge in [0.2, 0.25) is 0 Å². The minimum Gasteiger partial charge on any atom is -0.508 e. The fourth-order valence-electron chi connectivity index (χ4n) is 2.84. The molecule has 21 heavy (non-hydrogen) atoms. The number of carbonyl (C=O) groups is 1. The van der Waals surface area contributed by atoms with Gasteiger partial charge in [0.1, 0.15) is 5.76 Å². The summed E-state index contributed by atoms with van der Waals surface area (Å²) in [5.41, 5.74) is 2.11. The summed E-state index contributed by atoms with van der Waals surface area (Å²) in [6.45, 7) is 7.20. The Morgan fingerprint density at radius 1 is 1.33 bits per heavy atom. The number of benzene rings is 1. The van der Waals surface area contributed by atoms with E-state index >= 15 is 0 Å². The molecule has 0 aromatic heterocycles. The van der Waals surface area contributed by atoms with Crippen molar-refractivity contribution in [2.75, 3.05) is 0 Å². The van der Waals surface area contributed by atoms with Gasteiger partial charge >= 0.3 is 0 Å². The predicted molar refractivity (Wildman–Crippen MR) is 81.9 cm³/mol. The molecule has 3 unspecified atom stereocenters. The van der Waals surface area contributed by atoms with Crippen molar-refractivity contribution in [2.24, 2.45) is 0 Å². The second-order valence-corrected chi connectivity index (χ2v) is 5.16. The Morgan fingerprint density at radius 2 is 2.10 bits per heavy atom. The summed E-state index contributed by atoms with van der Waals surface area (Å²) in [6, 6.07) is 7.71. The third-order valence-electron chi connectivity index (χ3n) is 3.86. The highest BCUT2D eigenvalue weighted by Gasteiger charge is 2.38. The first kappa shape index (κ1) is 13.6. The van der Waals surface area contributed by atoms with Crippen LogP contribution in [0.15, 0.2) is 67.0 Å². The molecule has 0 saturated heterocycles. The summed E-state index contributed by atoms with van der Waals surface area (Å²) < 4.78 is 5.92. The maximum Gasteiger partial charge on any atom is 0.176 e. The molecule has 3 heteroatoms. The number of hydrogen-bond acceptors (Lipinski definition) is 3. The van der Waals surface area contributed by atoms with E-state index in [9.17, 15) is 9.90 Å². The third-order valence-corrected chi connectivity index (χ3v) is 3.86. The fraction of sp³-hybridized carbons (Fsp3) is 0.167. The molecule has 1 aliphatic carbocycles. The Bertz CT molecular complexity index is 681. The average molecular weight is 280 g/mol. The molecule has 1 N–H and O–H groups in total. The normalized spacial score (nSPS) is 27.1. The van der Waals surface area contributed by atoms with Crippen LogP contribution in [0.2, 0.25) is 0 Å². The molecule has 2 aliphatic rings. The van der Waals surface area contributed by atoms with Crippen LogP contribution < -0.4 is 0 Å². The molecule has 3 atom stereocenters. The van der Waals surface area contributed by atoms with Crippen LogP contribution in [0, 0.1) is 0 Å². The van der Waals surface area contributed by atoms with E-state index in [0.29, 0.717) is 0 Å². The Hall–Kier alpha value is -2.39. The van der Waals surface area contributed by atoms with Gasteiger partial charge in [0.25, 0.3) is 0 Å². The SMILES string of the molecule is C=CC1C=C(C(=C)O)C(=O)C2c3ccccc3C=CC2O1. The van der Waals surface area contributed by atoms with Gasteiger partial charge in [-0.2, -0.15) is 0 Å². The molecule has 1 heterocycles. The number of ketones is 1. The van der Waals surface area contributed by atoms with Gasteiger partial charge in [-0.1, -0.05) is 49.1 Å². The van der Waals surface area contributed by atoms with Gasteiger partial charge in [-0.25, -0.2) is 0 Å². The van der Waals surface area contributed by atoms with Crippen molar-refractivity contribution >= 4 is 11.9 Å². The second kappa shape index (κ2) is 5.19. The minimum atomic E-state index is -0.466. The van der Waals surface area contributed by atoms with Crippen molar-refractivity contribution in [3.05, 3.63) is 78.1 Å². The van der Waals surface area contributed by atoms with Crippen molar-refractivity contribution < 1.29 is 14.6 Å². The van der Waals surface area contributed by atoms with Crippen LogP contribution in [-0.2, 0) is 9.53 Å². The summed E-state index contributed by atoms with van der Waals surface area (Å²) in [6.07, 6.45) is 6.22. The Labute approximate surface area is 123 Å². The van der Waals surface area contributed by atoms with E-state index in [1.165, 1.54) is 0 Å². The van der Waals surface area contributed by atoms with E-state index in [1.807, 2.05) is 36.4 Å². The molecule has 3 nitrogen and oxygen atoms in total. The summed E-state index contributed by atoms with van der Waals surface area (Å²) >= 11 is 0. The summed E-state index contributed by atoms with van der Waals surface area (Å²) in [5.74, 6) is -0.872. The molecule has 0 fully saturated rings. The van der Waals surface area contributed by atoms with Crippen LogP contribution in [-0.4, -0.2) is 23.1 Å². The van der Waals surface area contributed by atoms with E-state index in [1.54, 1.807) is 12.2 Å². The monoisotopic (exact) mass is 280 g/mol. The summed E-state index contributed by atoms with van der Waals surface area (Å²) in [4.78, 5) is 12.8. The zero-order valence-corrected chi connectivity index (χ0v) is 11.5. The number of fused-ring (bicyclic) bond motifs is 3. The number of carbonyl (C=O) groups excluding carboxylic acids is 1. The Morgan fingerprint density at radius 3 is 2.81 bits per heavy atom. The summed E-state index contributed by atoms with van der Waals surface area (Å²) in [5, 5.41) is 9.73. The molecule has 0 saturated carbocycles. The first-order valence-corrected chi connectivity index (χ1v) is 6.81. The second-order valence-electron chi connectivity index (χ2n) is 5.16. The fourth-order valence-corrected chi connectivity index (χ4v) is 2.84. The van der Waals surface area contributed by atoms with Crippen LogP contribution in [0.1, 0.15) is 17.0 Å². The number of rotatable bonds is 2.